The third-order valence-corrected chi connectivity index (χ3v) is 3.83. The molecule has 22 heavy (non-hydrogen) atoms. The van der Waals surface area contributed by atoms with Crippen LogP contribution in [-0.2, 0) is 4.79 Å². The Hall–Kier alpha value is -3.00. The lowest BCUT2D eigenvalue weighted by molar-refractivity contribution is -0.111. The smallest absolute Gasteiger partial charge is 0.188 e. The topological polar surface area (TPSA) is 29.4 Å². The minimum absolute atomic E-state index is 0.0195. The molecule has 0 aromatic heterocycles. The molecule has 2 aliphatic rings. The van der Waals surface area contributed by atoms with E-state index >= 15 is 0 Å². The SMILES string of the molecule is O=C1C=CC=C2N=C(c3ccccc3)C(c3ccccc3)=C12. The maximum atomic E-state index is 12.4. The number of carbonyl (C=O) groups is 1. The maximum Gasteiger partial charge on any atom is 0.188 e. The summed E-state index contributed by atoms with van der Waals surface area (Å²) in [5, 5.41) is 0. The van der Waals surface area contributed by atoms with E-state index in [-0.39, 0.29) is 5.78 Å². The number of nitrogens with zero attached hydrogens (tertiary/aromatic N) is 1. The first-order chi connectivity index (χ1) is 10.8. The summed E-state index contributed by atoms with van der Waals surface area (Å²) in [7, 11) is 0. The van der Waals surface area contributed by atoms with Gasteiger partial charge in [-0.2, -0.15) is 0 Å². The number of benzene rings is 2. The lowest BCUT2D eigenvalue weighted by Crippen LogP contribution is -2.07. The van der Waals surface area contributed by atoms with Gasteiger partial charge < -0.3 is 0 Å². The van der Waals surface area contributed by atoms with Crippen LogP contribution in [0.5, 0.6) is 0 Å². The fraction of sp³-hybridized carbons (Fsp3) is 0. The van der Waals surface area contributed by atoms with Gasteiger partial charge in [0.15, 0.2) is 5.78 Å². The molecule has 0 fully saturated rings. The number of hydrogen-bond acceptors (Lipinski definition) is 2. The molecule has 1 heterocycles. The Morgan fingerprint density at radius 3 is 2.05 bits per heavy atom. The number of ketones is 1. The molecule has 0 unspecified atom stereocenters. The number of carbonyl (C=O) groups excluding carboxylic acids is 1. The number of rotatable bonds is 2. The van der Waals surface area contributed by atoms with Gasteiger partial charge in [-0.15, -0.1) is 0 Å². The van der Waals surface area contributed by atoms with Gasteiger partial charge in [0.1, 0.15) is 0 Å². The highest BCUT2D eigenvalue weighted by Gasteiger charge is 2.30. The normalized spacial score (nSPS) is 16.5. The van der Waals surface area contributed by atoms with Crippen molar-refractivity contribution in [3.8, 4) is 0 Å². The third-order valence-electron chi connectivity index (χ3n) is 3.83. The van der Waals surface area contributed by atoms with Gasteiger partial charge in [0.2, 0.25) is 0 Å². The second-order valence-corrected chi connectivity index (χ2v) is 5.22. The zero-order valence-electron chi connectivity index (χ0n) is 11.9. The molecular weight excluding hydrogens is 270 g/mol. The highest BCUT2D eigenvalue weighted by Crippen LogP contribution is 2.37. The van der Waals surface area contributed by atoms with Gasteiger partial charge in [-0.05, 0) is 17.7 Å². The van der Waals surface area contributed by atoms with Gasteiger partial charge in [-0.1, -0.05) is 66.7 Å². The van der Waals surface area contributed by atoms with Crippen LogP contribution in [0.2, 0.25) is 0 Å². The summed E-state index contributed by atoms with van der Waals surface area (Å²) in [5.41, 5.74) is 5.29. The van der Waals surface area contributed by atoms with Crippen LogP contribution in [0.25, 0.3) is 5.57 Å². The summed E-state index contributed by atoms with van der Waals surface area (Å²) >= 11 is 0. The van der Waals surface area contributed by atoms with E-state index in [0.717, 1.165) is 28.1 Å². The molecule has 0 saturated carbocycles. The molecule has 2 heteroatoms. The Labute approximate surface area is 128 Å². The number of allylic oxidation sites excluding steroid dienone is 5. The Balaban J connectivity index is 1.98. The average molecular weight is 283 g/mol. The molecule has 1 aliphatic heterocycles. The summed E-state index contributed by atoms with van der Waals surface area (Å²) in [6, 6.07) is 20.0. The van der Waals surface area contributed by atoms with E-state index in [2.05, 4.69) is 0 Å². The highest BCUT2D eigenvalue weighted by molar-refractivity contribution is 6.40. The predicted octanol–water partition coefficient (Wildman–Crippen LogP) is 3.97. The molecule has 0 N–H and O–H groups in total. The molecule has 4 rings (SSSR count). The standard InChI is InChI=1S/C20H13NO/c22-17-13-7-12-16-19(17)18(14-8-3-1-4-9-14)20(21-16)15-10-5-2-6-11-15/h1-13H. The highest BCUT2D eigenvalue weighted by atomic mass is 16.1. The Morgan fingerprint density at radius 1 is 0.727 bits per heavy atom. The van der Waals surface area contributed by atoms with Crippen molar-refractivity contribution < 1.29 is 4.79 Å². The second-order valence-electron chi connectivity index (χ2n) is 5.22. The third kappa shape index (κ3) is 1.97. The Bertz CT molecular complexity index is 868. The zero-order chi connectivity index (χ0) is 14.9. The van der Waals surface area contributed by atoms with Crippen LogP contribution in [0.4, 0.5) is 0 Å². The zero-order valence-corrected chi connectivity index (χ0v) is 11.9. The van der Waals surface area contributed by atoms with Crippen molar-refractivity contribution in [1.29, 1.82) is 0 Å². The largest absolute Gasteiger partial charge is 0.289 e. The summed E-state index contributed by atoms with van der Waals surface area (Å²) in [6.07, 6.45) is 5.27. The van der Waals surface area contributed by atoms with E-state index in [1.807, 2.05) is 66.7 Å². The monoisotopic (exact) mass is 283 g/mol. The van der Waals surface area contributed by atoms with E-state index < -0.39 is 0 Å². The fourth-order valence-electron chi connectivity index (χ4n) is 2.85. The summed E-state index contributed by atoms with van der Waals surface area (Å²) in [4.78, 5) is 17.1. The summed E-state index contributed by atoms with van der Waals surface area (Å²) < 4.78 is 0. The molecule has 0 saturated heterocycles. The van der Waals surface area contributed by atoms with E-state index in [1.165, 1.54) is 0 Å². The van der Waals surface area contributed by atoms with Crippen molar-refractivity contribution in [1.82, 2.24) is 0 Å². The van der Waals surface area contributed by atoms with Crippen LogP contribution in [0.3, 0.4) is 0 Å². The molecule has 0 amide bonds. The van der Waals surface area contributed by atoms with Crippen LogP contribution in [0.1, 0.15) is 11.1 Å². The molecule has 2 nitrogen and oxygen atoms in total. The van der Waals surface area contributed by atoms with Crippen molar-refractivity contribution in [2.45, 2.75) is 0 Å². The van der Waals surface area contributed by atoms with Crippen LogP contribution in [0, 0.1) is 0 Å². The van der Waals surface area contributed by atoms with Gasteiger partial charge in [0, 0.05) is 11.1 Å². The number of aliphatic imine (C=N–C) groups is 1. The van der Waals surface area contributed by atoms with Crippen molar-refractivity contribution in [3.63, 3.8) is 0 Å². The Morgan fingerprint density at radius 2 is 1.36 bits per heavy atom. The predicted molar refractivity (Wildman–Crippen MR) is 88.6 cm³/mol. The van der Waals surface area contributed by atoms with Gasteiger partial charge >= 0.3 is 0 Å². The fourth-order valence-corrected chi connectivity index (χ4v) is 2.85. The van der Waals surface area contributed by atoms with Gasteiger partial charge in [0.05, 0.1) is 17.0 Å². The van der Waals surface area contributed by atoms with Crippen molar-refractivity contribution in [3.05, 3.63) is 101 Å². The molecule has 104 valence electrons. The van der Waals surface area contributed by atoms with Crippen molar-refractivity contribution in [2.75, 3.05) is 0 Å². The first kappa shape index (κ1) is 12.7. The average Bonchev–Trinajstić information content (AvgIpc) is 2.97. The van der Waals surface area contributed by atoms with Crippen molar-refractivity contribution in [2.24, 2.45) is 4.99 Å². The lowest BCUT2D eigenvalue weighted by atomic mass is 9.90. The Kier molecular flexibility index (Phi) is 2.94. The van der Waals surface area contributed by atoms with Crippen LogP contribution in [0.15, 0.2) is 95.2 Å². The molecule has 1 aliphatic carbocycles. The van der Waals surface area contributed by atoms with E-state index in [4.69, 9.17) is 4.99 Å². The molecular formula is C20H13NO. The van der Waals surface area contributed by atoms with Gasteiger partial charge in [-0.25, -0.2) is 4.99 Å². The van der Waals surface area contributed by atoms with Gasteiger partial charge in [-0.3, -0.25) is 4.79 Å². The minimum Gasteiger partial charge on any atom is -0.289 e. The van der Waals surface area contributed by atoms with E-state index in [9.17, 15) is 4.79 Å². The minimum atomic E-state index is 0.0195. The molecule has 0 bridgehead atoms. The maximum absolute atomic E-state index is 12.4. The second kappa shape index (κ2) is 5.08. The molecule has 2 aromatic rings. The number of hydrogen-bond donors (Lipinski definition) is 0. The first-order valence-electron chi connectivity index (χ1n) is 7.22. The number of fused-ring (bicyclic) bond motifs is 1. The van der Waals surface area contributed by atoms with Crippen molar-refractivity contribution >= 4 is 17.1 Å². The van der Waals surface area contributed by atoms with Crippen LogP contribution >= 0.6 is 0 Å². The lowest BCUT2D eigenvalue weighted by Gasteiger charge is -2.10. The van der Waals surface area contributed by atoms with E-state index in [0.29, 0.717) is 5.57 Å². The molecule has 0 atom stereocenters. The van der Waals surface area contributed by atoms with Crippen LogP contribution in [-0.4, -0.2) is 11.5 Å². The van der Waals surface area contributed by atoms with Gasteiger partial charge in [0.25, 0.3) is 0 Å². The quantitative estimate of drug-likeness (QED) is 0.820. The first-order valence-corrected chi connectivity index (χ1v) is 7.22. The molecule has 2 aromatic carbocycles. The molecule has 0 radical (unpaired) electrons. The summed E-state index contributed by atoms with van der Waals surface area (Å²) in [5.74, 6) is 0.0195. The van der Waals surface area contributed by atoms with Crippen LogP contribution < -0.4 is 0 Å². The molecule has 0 spiro atoms. The van der Waals surface area contributed by atoms with E-state index in [1.54, 1.807) is 12.2 Å². The summed E-state index contributed by atoms with van der Waals surface area (Å²) in [6.45, 7) is 0.